The number of hydrogen-bond donors (Lipinski definition) is 2. The molecule has 4 heterocycles. The van der Waals surface area contributed by atoms with Crippen LogP contribution in [0.15, 0.2) is 60.9 Å². The Morgan fingerprint density at radius 1 is 0.957 bits per heavy atom. The van der Waals surface area contributed by atoms with Gasteiger partial charge in [-0.25, -0.2) is 9.67 Å². The summed E-state index contributed by atoms with van der Waals surface area (Å²) < 4.78 is 12.9. The predicted molar refractivity (Wildman–Crippen MR) is 183 cm³/mol. The van der Waals surface area contributed by atoms with E-state index in [1.807, 2.05) is 35.1 Å². The molecular formula is C35H47N9O2. The van der Waals surface area contributed by atoms with Gasteiger partial charge in [0.1, 0.15) is 5.75 Å². The Bertz CT molecular complexity index is 1560. The SMILES string of the molecule is COCCNCc1cn(-c2ccnc(Nc3cc(C)c(N4CCC(N5CCN(C)CC5)CC4)cc3OC)n2)nc1-c1ccccc1. The second-order valence-corrected chi connectivity index (χ2v) is 12.2. The Morgan fingerprint density at radius 2 is 1.74 bits per heavy atom. The largest absolute Gasteiger partial charge is 0.494 e. The number of nitrogens with zero attached hydrogens (tertiary/aromatic N) is 7. The lowest BCUT2D eigenvalue weighted by molar-refractivity contribution is 0.0982. The summed E-state index contributed by atoms with van der Waals surface area (Å²) in [5, 5.41) is 11.8. The number of anilines is 3. The maximum Gasteiger partial charge on any atom is 0.229 e. The first-order valence-electron chi connectivity index (χ1n) is 16.3. The number of hydrogen-bond acceptors (Lipinski definition) is 10. The third kappa shape index (κ3) is 7.50. The summed E-state index contributed by atoms with van der Waals surface area (Å²) >= 11 is 0. The van der Waals surface area contributed by atoms with Crippen molar-refractivity contribution < 1.29 is 9.47 Å². The minimum absolute atomic E-state index is 0.479. The molecule has 0 atom stereocenters. The first-order chi connectivity index (χ1) is 22.5. The molecule has 0 radical (unpaired) electrons. The van der Waals surface area contributed by atoms with Crippen molar-refractivity contribution in [3.05, 3.63) is 72.1 Å². The Balaban J connectivity index is 1.17. The van der Waals surface area contributed by atoms with Crippen LogP contribution < -0.4 is 20.3 Å². The average molecular weight is 626 g/mol. The van der Waals surface area contributed by atoms with Gasteiger partial charge in [-0.2, -0.15) is 10.1 Å². The van der Waals surface area contributed by atoms with Crippen molar-refractivity contribution >= 4 is 17.3 Å². The Morgan fingerprint density at radius 3 is 2.48 bits per heavy atom. The molecule has 2 aliphatic rings. The van der Waals surface area contributed by atoms with Crippen molar-refractivity contribution in [2.45, 2.75) is 32.4 Å². The van der Waals surface area contributed by atoms with Crippen molar-refractivity contribution in [2.24, 2.45) is 0 Å². The number of nitrogens with one attached hydrogen (secondary N) is 2. The molecule has 244 valence electrons. The molecule has 0 spiro atoms. The zero-order valence-corrected chi connectivity index (χ0v) is 27.6. The van der Waals surface area contributed by atoms with Crippen molar-refractivity contribution in [1.29, 1.82) is 0 Å². The second kappa shape index (κ2) is 15.0. The zero-order chi connectivity index (χ0) is 31.9. The summed E-state index contributed by atoms with van der Waals surface area (Å²) in [6.07, 6.45) is 6.16. The van der Waals surface area contributed by atoms with Gasteiger partial charge in [-0.05, 0) is 38.4 Å². The fourth-order valence-electron chi connectivity index (χ4n) is 6.49. The van der Waals surface area contributed by atoms with Gasteiger partial charge in [0.05, 0.1) is 25.1 Å². The quantitative estimate of drug-likeness (QED) is 0.222. The van der Waals surface area contributed by atoms with Crippen LogP contribution in [0, 0.1) is 6.92 Å². The number of benzene rings is 2. The van der Waals surface area contributed by atoms with Crippen molar-refractivity contribution in [1.82, 2.24) is 34.9 Å². The molecule has 2 aliphatic heterocycles. The van der Waals surface area contributed by atoms with Crippen LogP contribution in [0.5, 0.6) is 5.75 Å². The van der Waals surface area contributed by atoms with Gasteiger partial charge in [-0.3, -0.25) is 4.90 Å². The summed E-state index contributed by atoms with van der Waals surface area (Å²) in [5.74, 6) is 1.92. The third-order valence-corrected chi connectivity index (χ3v) is 9.14. The van der Waals surface area contributed by atoms with Gasteiger partial charge in [0, 0.05) is 107 Å². The van der Waals surface area contributed by atoms with E-state index in [-0.39, 0.29) is 0 Å². The molecule has 0 aliphatic carbocycles. The fourth-order valence-corrected chi connectivity index (χ4v) is 6.49. The lowest BCUT2D eigenvalue weighted by Gasteiger charge is -2.43. The Labute approximate surface area is 272 Å². The molecule has 6 rings (SSSR count). The van der Waals surface area contributed by atoms with E-state index >= 15 is 0 Å². The number of likely N-dealkylation sites (N-methyl/N-ethyl adjacent to an activating group) is 1. The topological polar surface area (TPSA) is 95.8 Å². The van der Waals surface area contributed by atoms with Crippen LogP contribution in [-0.2, 0) is 11.3 Å². The van der Waals surface area contributed by atoms with E-state index in [1.54, 1.807) is 20.4 Å². The lowest BCUT2D eigenvalue weighted by atomic mass is 10.0. The smallest absolute Gasteiger partial charge is 0.229 e. The minimum Gasteiger partial charge on any atom is -0.494 e. The number of ether oxygens (including phenoxy) is 2. The average Bonchev–Trinajstić information content (AvgIpc) is 3.52. The minimum atomic E-state index is 0.479. The number of aryl methyl sites for hydroxylation is 1. The van der Waals surface area contributed by atoms with E-state index < -0.39 is 0 Å². The van der Waals surface area contributed by atoms with E-state index in [2.05, 4.69) is 68.6 Å². The highest BCUT2D eigenvalue weighted by Gasteiger charge is 2.27. The number of rotatable bonds is 12. The highest BCUT2D eigenvalue weighted by molar-refractivity contribution is 5.71. The van der Waals surface area contributed by atoms with Crippen LogP contribution in [-0.4, -0.2) is 109 Å². The number of piperazine rings is 1. The van der Waals surface area contributed by atoms with Gasteiger partial charge in [0.25, 0.3) is 0 Å². The van der Waals surface area contributed by atoms with Crippen molar-refractivity contribution in [2.75, 3.05) is 83.9 Å². The van der Waals surface area contributed by atoms with Gasteiger partial charge in [0.15, 0.2) is 5.82 Å². The van der Waals surface area contributed by atoms with Crippen LogP contribution in [0.1, 0.15) is 24.0 Å². The number of aromatic nitrogens is 4. The second-order valence-electron chi connectivity index (χ2n) is 12.2. The first-order valence-corrected chi connectivity index (χ1v) is 16.3. The summed E-state index contributed by atoms with van der Waals surface area (Å²) in [4.78, 5) is 17.0. The maximum absolute atomic E-state index is 5.88. The van der Waals surface area contributed by atoms with Crippen LogP contribution in [0.2, 0.25) is 0 Å². The maximum atomic E-state index is 5.88. The summed E-state index contributed by atoms with van der Waals surface area (Å²) in [6.45, 7) is 11.0. The molecule has 2 saturated heterocycles. The molecule has 2 N–H and O–H groups in total. The molecule has 11 nitrogen and oxygen atoms in total. The highest BCUT2D eigenvalue weighted by atomic mass is 16.5. The van der Waals surface area contributed by atoms with Crippen LogP contribution in [0.4, 0.5) is 17.3 Å². The molecule has 0 unspecified atom stereocenters. The van der Waals surface area contributed by atoms with Gasteiger partial charge in [0.2, 0.25) is 5.95 Å². The molecule has 0 bridgehead atoms. The van der Waals surface area contributed by atoms with E-state index in [1.165, 1.54) is 50.3 Å². The summed E-state index contributed by atoms with van der Waals surface area (Å²) in [7, 11) is 5.65. The van der Waals surface area contributed by atoms with Crippen LogP contribution in [0.3, 0.4) is 0 Å². The molecule has 0 saturated carbocycles. The van der Waals surface area contributed by atoms with E-state index in [4.69, 9.17) is 19.6 Å². The van der Waals surface area contributed by atoms with Crippen LogP contribution >= 0.6 is 0 Å². The molecular weight excluding hydrogens is 578 g/mol. The predicted octanol–water partition coefficient (Wildman–Crippen LogP) is 4.34. The Hall–Kier alpha value is -4.03. The van der Waals surface area contributed by atoms with Gasteiger partial charge < -0.3 is 29.9 Å². The Kier molecular flexibility index (Phi) is 10.4. The lowest BCUT2D eigenvalue weighted by Crippen LogP contribution is -2.52. The van der Waals surface area contributed by atoms with E-state index in [0.29, 0.717) is 31.0 Å². The molecule has 46 heavy (non-hydrogen) atoms. The van der Waals surface area contributed by atoms with Gasteiger partial charge in [-0.1, -0.05) is 30.3 Å². The van der Waals surface area contributed by atoms with Gasteiger partial charge >= 0.3 is 0 Å². The van der Waals surface area contributed by atoms with Crippen molar-refractivity contribution in [3.63, 3.8) is 0 Å². The molecule has 0 amide bonds. The van der Waals surface area contributed by atoms with Crippen molar-refractivity contribution in [3.8, 4) is 22.8 Å². The number of methoxy groups -OCH3 is 2. The molecule has 11 heteroatoms. The highest BCUT2D eigenvalue weighted by Crippen LogP contribution is 2.36. The van der Waals surface area contributed by atoms with Crippen LogP contribution in [0.25, 0.3) is 17.1 Å². The third-order valence-electron chi connectivity index (χ3n) is 9.14. The standard InChI is InChI=1S/C35H47N9O2/c1-26-22-30(32(46-4)23-31(26)43-15-11-29(12-16-43)42-19-17-41(2)18-20-42)38-35-37-13-10-33(39-35)44-25-28(24-36-14-21-45-3)34(40-44)27-8-6-5-7-9-27/h5-10,13,22-23,25,29,36H,11-12,14-21,24H2,1-4H3,(H,37,38,39). The molecule has 2 aromatic carbocycles. The fraction of sp³-hybridized carbons (Fsp3) is 0.457. The molecule has 2 fully saturated rings. The molecule has 4 aromatic rings. The molecule has 2 aromatic heterocycles. The first kappa shape index (κ1) is 31.9. The zero-order valence-electron chi connectivity index (χ0n) is 27.6. The van der Waals surface area contributed by atoms with Gasteiger partial charge in [-0.15, -0.1) is 0 Å². The summed E-state index contributed by atoms with van der Waals surface area (Å²) in [5.41, 5.74) is 6.31. The normalized spacial score (nSPS) is 16.6. The number of piperidine rings is 1. The van der Waals surface area contributed by atoms with E-state index in [0.717, 1.165) is 47.9 Å². The van der Waals surface area contributed by atoms with E-state index in [9.17, 15) is 0 Å². The monoisotopic (exact) mass is 625 g/mol. The summed E-state index contributed by atoms with van der Waals surface area (Å²) in [6, 6.07) is 17.1.